The van der Waals surface area contributed by atoms with Crippen LogP contribution in [0.1, 0.15) is 16.7 Å². The third-order valence-electron chi connectivity index (χ3n) is 2.75. The third kappa shape index (κ3) is 2.78. The molecule has 0 spiro atoms. The van der Waals surface area contributed by atoms with Gasteiger partial charge in [-0.2, -0.15) is 5.26 Å². The van der Waals surface area contributed by atoms with Crippen LogP contribution in [0.15, 0.2) is 29.3 Å². The Balaban J connectivity index is 2.40. The van der Waals surface area contributed by atoms with Gasteiger partial charge in [0.15, 0.2) is 5.15 Å². The van der Waals surface area contributed by atoms with Crippen LogP contribution in [0.25, 0.3) is 0 Å². The number of nitrogens with zero attached hydrogens (tertiary/aromatic N) is 3. The van der Waals surface area contributed by atoms with Crippen molar-refractivity contribution in [2.24, 2.45) is 0 Å². The first-order valence-corrected chi connectivity index (χ1v) is 6.18. The molecule has 4 nitrogen and oxygen atoms in total. The van der Waals surface area contributed by atoms with Gasteiger partial charge in [0.05, 0.1) is 24.5 Å². The van der Waals surface area contributed by atoms with Crippen molar-refractivity contribution in [2.75, 3.05) is 0 Å². The van der Waals surface area contributed by atoms with Gasteiger partial charge in [0, 0.05) is 0 Å². The predicted octanol–water partition coefficient (Wildman–Crippen LogP) is 2.78. The van der Waals surface area contributed by atoms with Gasteiger partial charge in [-0.1, -0.05) is 29.3 Å². The summed E-state index contributed by atoms with van der Waals surface area (Å²) in [7, 11) is 0. The molecule has 6 heteroatoms. The molecule has 1 heterocycles. The average molecular weight is 294 g/mol. The van der Waals surface area contributed by atoms with E-state index >= 15 is 0 Å². The SMILES string of the molecule is Cc1cc(C#N)ccc1Cn1cnc(Cl)c(Cl)c1=O. The molecule has 0 aliphatic heterocycles. The standard InChI is InChI=1S/C13H9Cl2N3O/c1-8-4-9(5-16)2-3-10(8)6-18-7-17-12(15)11(14)13(18)19/h2-4,7H,6H2,1H3. The number of benzene rings is 1. The molecule has 0 fully saturated rings. The minimum atomic E-state index is -0.384. The van der Waals surface area contributed by atoms with Crippen LogP contribution in [-0.4, -0.2) is 9.55 Å². The van der Waals surface area contributed by atoms with Crippen LogP contribution in [0.2, 0.25) is 10.2 Å². The summed E-state index contributed by atoms with van der Waals surface area (Å²) in [6, 6.07) is 7.35. The van der Waals surface area contributed by atoms with Gasteiger partial charge in [-0.15, -0.1) is 0 Å². The van der Waals surface area contributed by atoms with E-state index in [-0.39, 0.29) is 15.7 Å². The maximum absolute atomic E-state index is 11.9. The number of halogens is 2. The lowest BCUT2D eigenvalue weighted by molar-refractivity contribution is 0.733. The highest BCUT2D eigenvalue weighted by molar-refractivity contribution is 6.40. The van der Waals surface area contributed by atoms with Crippen LogP contribution in [-0.2, 0) is 6.54 Å². The van der Waals surface area contributed by atoms with E-state index in [4.69, 9.17) is 28.5 Å². The zero-order valence-electron chi connectivity index (χ0n) is 10.0. The van der Waals surface area contributed by atoms with Gasteiger partial charge in [-0.25, -0.2) is 4.98 Å². The van der Waals surface area contributed by atoms with Gasteiger partial charge in [-0.3, -0.25) is 9.36 Å². The van der Waals surface area contributed by atoms with E-state index in [0.717, 1.165) is 11.1 Å². The summed E-state index contributed by atoms with van der Waals surface area (Å²) in [4.78, 5) is 15.7. The van der Waals surface area contributed by atoms with Gasteiger partial charge >= 0.3 is 0 Å². The molecule has 0 atom stereocenters. The number of aryl methyl sites for hydroxylation is 1. The van der Waals surface area contributed by atoms with E-state index in [9.17, 15) is 4.79 Å². The van der Waals surface area contributed by atoms with E-state index < -0.39 is 0 Å². The monoisotopic (exact) mass is 293 g/mol. The first-order chi connectivity index (χ1) is 9.02. The lowest BCUT2D eigenvalue weighted by Crippen LogP contribution is -2.22. The molecule has 2 aromatic rings. The maximum atomic E-state index is 11.9. The summed E-state index contributed by atoms with van der Waals surface area (Å²) in [5, 5.41) is 8.72. The van der Waals surface area contributed by atoms with E-state index in [1.54, 1.807) is 12.1 Å². The Morgan fingerprint density at radius 2 is 2.16 bits per heavy atom. The molecule has 19 heavy (non-hydrogen) atoms. The molecule has 0 aliphatic carbocycles. The molecule has 0 saturated carbocycles. The maximum Gasteiger partial charge on any atom is 0.273 e. The number of hydrogen-bond donors (Lipinski definition) is 0. The van der Waals surface area contributed by atoms with Crippen LogP contribution >= 0.6 is 23.2 Å². The van der Waals surface area contributed by atoms with Gasteiger partial charge < -0.3 is 0 Å². The van der Waals surface area contributed by atoms with Crippen molar-refractivity contribution in [3.05, 3.63) is 61.7 Å². The van der Waals surface area contributed by atoms with Crippen LogP contribution in [0, 0.1) is 18.3 Å². The molecule has 0 radical (unpaired) electrons. The normalized spacial score (nSPS) is 10.2. The van der Waals surface area contributed by atoms with E-state index in [2.05, 4.69) is 11.1 Å². The molecule has 0 bridgehead atoms. The third-order valence-corrected chi connectivity index (χ3v) is 3.48. The van der Waals surface area contributed by atoms with Gasteiger partial charge in [0.2, 0.25) is 0 Å². The number of nitriles is 1. The Hall–Kier alpha value is -1.83. The summed E-state index contributed by atoms with van der Waals surface area (Å²) in [5.74, 6) is 0. The highest BCUT2D eigenvalue weighted by Crippen LogP contribution is 2.15. The highest BCUT2D eigenvalue weighted by atomic mass is 35.5. The second-order valence-corrected chi connectivity index (χ2v) is 4.77. The molecular formula is C13H9Cl2N3O. The minimum absolute atomic E-state index is 0.000493. The molecule has 0 saturated heterocycles. The number of aromatic nitrogens is 2. The fraction of sp³-hybridized carbons (Fsp3) is 0.154. The smallest absolute Gasteiger partial charge is 0.273 e. The Morgan fingerprint density at radius 3 is 2.79 bits per heavy atom. The Morgan fingerprint density at radius 1 is 1.42 bits per heavy atom. The first kappa shape index (κ1) is 13.6. The fourth-order valence-electron chi connectivity index (χ4n) is 1.68. The second kappa shape index (κ2) is 5.43. The summed E-state index contributed by atoms with van der Waals surface area (Å²) in [5.41, 5.74) is 2.05. The minimum Gasteiger partial charge on any atom is -0.293 e. The van der Waals surface area contributed by atoms with Gasteiger partial charge in [0.1, 0.15) is 5.02 Å². The topological polar surface area (TPSA) is 58.7 Å². The molecule has 0 aliphatic rings. The molecule has 2 rings (SSSR count). The van der Waals surface area contributed by atoms with Gasteiger partial charge in [0.25, 0.3) is 5.56 Å². The van der Waals surface area contributed by atoms with Crippen molar-refractivity contribution in [1.29, 1.82) is 5.26 Å². The lowest BCUT2D eigenvalue weighted by atomic mass is 10.1. The summed E-state index contributed by atoms with van der Waals surface area (Å²) in [6.07, 6.45) is 1.36. The van der Waals surface area contributed by atoms with Crippen molar-refractivity contribution in [3.63, 3.8) is 0 Å². The highest BCUT2D eigenvalue weighted by Gasteiger charge is 2.09. The summed E-state index contributed by atoms with van der Waals surface area (Å²) < 4.78 is 1.38. The number of hydrogen-bond acceptors (Lipinski definition) is 3. The van der Waals surface area contributed by atoms with Crippen LogP contribution < -0.4 is 5.56 Å². The van der Waals surface area contributed by atoms with Crippen LogP contribution in [0.4, 0.5) is 0 Å². The second-order valence-electron chi connectivity index (χ2n) is 4.04. The molecular weight excluding hydrogens is 285 g/mol. The summed E-state index contributed by atoms with van der Waals surface area (Å²) >= 11 is 11.4. The largest absolute Gasteiger partial charge is 0.293 e. The summed E-state index contributed by atoms with van der Waals surface area (Å²) in [6.45, 7) is 2.21. The van der Waals surface area contributed by atoms with Crippen molar-refractivity contribution < 1.29 is 0 Å². The average Bonchev–Trinajstić information content (AvgIpc) is 2.41. The van der Waals surface area contributed by atoms with Crippen molar-refractivity contribution >= 4 is 23.2 Å². The molecule has 0 N–H and O–H groups in total. The van der Waals surface area contributed by atoms with E-state index in [0.29, 0.717) is 12.1 Å². The fourth-order valence-corrected chi connectivity index (χ4v) is 1.96. The zero-order chi connectivity index (χ0) is 14.0. The molecule has 0 unspecified atom stereocenters. The predicted molar refractivity (Wildman–Crippen MR) is 73.5 cm³/mol. The number of rotatable bonds is 2. The molecule has 1 aromatic carbocycles. The molecule has 1 aromatic heterocycles. The van der Waals surface area contributed by atoms with E-state index in [1.165, 1.54) is 10.9 Å². The van der Waals surface area contributed by atoms with Crippen LogP contribution in [0.3, 0.4) is 0 Å². The van der Waals surface area contributed by atoms with Crippen molar-refractivity contribution in [1.82, 2.24) is 9.55 Å². The Kier molecular flexibility index (Phi) is 3.89. The molecule has 96 valence electrons. The van der Waals surface area contributed by atoms with E-state index in [1.807, 2.05) is 13.0 Å². The Bertz CT molecular complexity index is 732. The van der Waals surface area contributed by atoms with Crippen molar-refractivity contribution in [2.45, 2.75) is 13.5 Å². The van der Waals surface area contributed by atoms with Crippen molar-refractivity contribution in [3.8, 4) is 6.07 Å². The lowest BCUT2D eigenvalue weighted by Gasteiger charge is -2.09. The van der Waals surface area contributed by atoms with Crippen LogP contribution in [0.5, 0.6) is 0 Å². The quantitative estimate of drug-likeness (QED) is 0.800. The zero-order valence-corrected chi connectivity index (χ0v) is 11.5. The molecule has 0 amide bonds. The first-order valence-electron chi connectivity index (χ1n) is 5.43. The Labute approximate surface area is 119 Å². The van der Waals surface area contributed by atoms with Gasteiger partial charge in [-0.05, 0) is 30.2 Å².